The maximum Gasteiger partial charge on any atom is 0.223 e. The van der Waals surface area contributed by atoms with Crippen molar-refractivity contribution in [2.45, 2.75) is 46.1 Å². The van der Waals surface area contributed by atoms with Crippen molar-refractivity contribution in [3.63, 3.8) is 0 Å². The van der Waals surface area contributed by atoms with Gasteiger partial charge >= 0.3 is 0 Å². The normalized spacial score (nSPS) is 16.7. The topological polar surface area (TPSA) is 58.1 Å². The average molecular weight is 373 g/mol. The Hall–Kier alpha value is -1.95. The van der Waals surface area contributed by atoms with E-state index in [1.165, 1.54) is 17.1 Å². The van der Waals surface area contributed by atoms with E-state index in [9.17, 15) is 4.79 Å². The molecule has 1 saturated heterocycles. The third kappa shape index (κ3) is 4.81. The predicted molar refractivity (Wildman–Crippen MR) is 107 cm³/mol. The van der Waals surface area contributed by atoms with E-state index >= 15 is 0 Å². The van der Waals surface area contributed by atoms with Gasteiger partial charge in [-0.2, -0.15) is 4.37 Å². The van der Waals surface area contributed by atoms with Crippen LogP contribution in [-0.4, -0.2) is 34.4 Å². The van der Waals surface area contributed by atoms with Gasteiger partial charge in [0.25, 0.3) is 0 Å². The molecule has 0 aliphatic carbocycles. The Balaban J connectivity index is 1.51. The Morgan fingerprint density at radius 3 is 2.58 bits per heavy atom. The van der Waals surface area contributed by atoms with Gasteiger partial charge in [-0.3, -0.25) is 4.79 Å². The molecule has 1 aromatic heterocycles. The molecule has 1 fully saturated rings. The Bertz CT molecular complexity index is 708. The van der Waals surface area contributed by atoms with Crippen LogP contribution >= 0.6 is 11.5 Å². The summed E-state index contributed by atoms with van der Waals surface area (Å²) in [7, 11) is 0. The summed E-state index contributed by atoms with van der Waals surface area (Å²) in [4.78, 5) is 19.4. The van der Waals surface area contributed by atoms with Crippen LogP contribution in [0.5, 0.6) is 0 Å². The number of hydrogen-bond acceptors (Lipinski definition) is 5. The molecule has 6 heteroatoms. The second-order valence-electron chi connectivity index (χ2n) is 7.46. The van der Waals surface area contributed by atoms with Gasteiger partial charge in [0.15, 0.2) is 0 Å². The van der Waals surface area contributed by atoms with Crippen molar-refractivity contribution in [1.29, 1.82) is 0 Å². The minimum absolute atomic E-state index is 0.115. The highest BCUT2D eigenvalue weighted by Crippen LogP contribution is 2.25. The minimum Gasteiger partial charge on any atom is -0.353 e. The van der Waals surface area contributed by atoms with E-state index in [2.05, 4.69) is 47.5 Å². The molecule has 0 spiro atoms. The summed E-state index contributed by atoms with van der Waals surface area (Å²) in [5.41, 5.74) is 1.23. The zero-order valence-electron chi connectivity index (χ0n) is 15.8. The van der Waals surface area contributed by atoms with Gasteiger partial charge in [0.05, 0.1) is 0 Å². The minimum atomic E-state index is 0.115. The van der Waals surface area contributed by atoms with Crippen LogP contribution in [-0.2, 0) is 11.2 Å². The number of aromatic nitrogens is 2. The molecule has 26 heavy (non-hydrogen) atoms. The van der Waals surface area contributed by atoms with Crippen LogP contribution in [0.2, 0.25) is 0 Å². The van der Waals surface area contributed by atoms with Crippen molar-refractivity contribution in [2.75, 3.05) is 18.0 Å². The molecule has 0 unspecified atom stereocenters. The monoisotopic (exact) mass is 372 g/mol. The highest BCUT2D eigenvalue weighted by molar-refractivity contribution is 7.09. The number of anilines is 1. The maximum absolute atomic E-state index is 12.4. The quantitative estimate of drug-likeness (QED) is 0.843. The van der Waals surface area contributed by atoms with Gasteiger partial charge in [-0.25, -0.2) is 4.98 Å². The number of hydrogen-bond donors (Lipinski definition) is 1. The molecule has 5 nitrogen and oxygen atoms in total. The third-order valence-electron chi connectivity index (χ3n) is 5.17. The first kappa shape index (κ1) is 18.8. The second kappa shape index (κ2) is 8.62. The standard InChI is InChI=1S/C20H28N4OS/c1-14(2)15(3)21-19(25)17-9-11-24(12-10-17)20-22-18(23-26-20)13-16-7-5-4-6-8-16/h4-8,14-15,17H,9-13H2,1-3H3,(H,21,25)/t15-/m0/s1. The molecule has 0 saturated carbocycles. The summed E-state index contributed by atoms with van der Waals surface area (Å²) in [5, 5.41) is 4.13. The molecular formula is C20H28N4OS. The Morgan fingerprint density at radius 1 is 1.23 bits per heavy atom. The fourth-order valence-electron chi connectivity index (χ4n) is 3.07. The van der Waals surface area contributed by atoms with E-state index in [1.807, 2.05) is 18.2 Å². The first-order chi connectivity index (χ1) is 12.5. The number of piperidine rings is 1. The van der Waals surface area contributed by atoms with Crippen LogP contribution in [0.15, 0.2) is 30.3 Å². The van der Waals surface area contributed by atoms with Crippen molar-refractivity contribution in [1.82, 2.24) is 14.7 Å². The number of nitrogens with one attached hydrogen (secondary N) is 1. The van der Waals surface area contributed by atoms with Crippen LogP contribution in [0.4, 0.5) is 5.13 Å². The Kier molecular flexibility index (Phi) is 6.25. The molecule has 2 aromatic rings. The lowest BCUT2D eigenvalue weighted by molar-refractivity contribution is -0.126. The SMILES string of the molecule is CC(C)[C@H](C)NC(=O)C1CCN(c2nc(Cc3ccccc3)ns2)CC1. The Labute approximate surface area is 160 Å². The molecule has 2 heterocycles. The van der Waals surface area contributed by atoms with E-state index in [0.29, 0.717) is 5.92 Å². The molecule has 1 aliphatic heterocycles. The molecule has 1 N–H and O–H groups in total. The first-order valence-electron chi connectivity index (χ1n) is 9.44. The molecule has 0 radical (unpaired) electrons. The maximum atomic E-state index is 12.4. The van der Waals surface area contributed by atoms with Gasteiger partial charge in [-0.1, -0.05) is 44.2 Å². The van der Waals surface area contributed by atoms with E-state index in [4.69, 9.17) is 4.98 Å². The predicted octanol–water partition coefficient (Wildman–Crippen LogP) is 3.51. The molecular weight excluding hydrogens is 344 g/mol. The zero-order valence-corrected chi connectivity index (χ0v) is 16.6. The van der Waals surface area contributed by atoms with Crippen LogP contribution < -0.4 is 10.2 Å². The largest absolute Gasteiger partial charge is 0.353 e. The van der Waals surface area contributed by atoms with Crippen LogP contribution in [0.1, 0.15) is 45.0 Å². The van der Waals surface area contributed by atoms with Gasteiger partial charge in [0.2, 0.25) is 11.0 Å². The number of nitrogens with zero attached hydrogens (tertiary/aromatic N) is 3. The van der Waals surface area contributed by atoms with Crippen molar-refractivity contribution in [2.24, 2.45) is 11.8 Å². The van der Waals surface area contributed by atoms with Gasteiger partial charge in [0.1, 0.15) is 5.82 Å². The average Bonchev–Trinajstić information content (AvgIpc) is 3.11. The summed E-state index contributed by atoms with van der Waals surface area (Å²) in [6, 6.07) is 10.5. The first-order valence-corrected chi connectivity index (χ1v) is 10.2. The Morgan fingerprint density at radius 2 is 1.92 bits per heavy atom. The summed E-state index contributed by atoms with van der Waals surface area (Å²) < 4.78 is 4.51. The molecule has 1 amide bonds. The fourth-order valence-corrected chi connectivity index (χ4v) is 3.80. The molecule has 1 atom stereocenters. The number of carbonyl (C=O) groups excluding carboxylic acids is 1. The highest BCUT2D eigenvalue weighted by Gasteiger charge is 2.27. The molecule has 1 aliphatic rings. The van der Waals surface area contributed by atoms with Gasteiger partial charge in [-0.05, 0) is 31.2 Å². The summed E-state index contributed by atoms with van der Waals surface area (Å²) in [6.07, 6.45) is 2.53. The van der Waals surface area contributed by atoms with E-state index in [-0.39, 0.29) is 17.9 Å². The molecule has 1 aromatic carbocycles. The molecule has 3 rings (SSSR count). The fraction of sp³-hybridized carbons (Fsp3) is 0.550. The van der Waals surface area contributed by atoms with Crippen molar-refractivity contribution >= 4 is 22.6 Å². The molecule has 0 bridgehead atoms. The number of amides is 1. The third-order valence-corrected chi connectivity index (χ3v) is 5.98. The number of carbonyl (C=O) groups is 1. The number of rotatable bonds is 6. The van der Waals surface area contributed by atoms with Crippen LogP contribution in [0.25, 0.3) is 0 Å². The highest BCUT2D eigenvalue weighted by atomic mass is 32.1. The van der Waals surface area contributed by atoms with Crippen molar-refractivity contribution < 1.29 is 4.79 Å². The van der Waals surface area contributed by atoms with Crippen LogP contribution in [0.3, 0.4) is 0 Å². The number of benzene rings is 1. The van der Waals surface area contributed by atoms with Gasteiger partial charge in [-0.15, -0.1) is 0 Å². The summed E-state index contributed by atoms with van der Waals surface area (Å²) >= 11 is 1.46. The van der Waals surface area contributed by atoms with E-state index in [1.54, 1.807) is 0 Å². The zero-order chi connectivity index (χ0) is 18.5. The summed E-state index contributed by atoms with van der Waals surface area (Å²) in [6.45, 7) is 8.08. The second-order valence-corrected chi connectivity index (χ2v) is 8.19. The van der Waals surface area contributed by atoms with Crippen molar-refractivity contribution in [3.8, 4) is 0 Å². The lowest BCUT2D eigenvalue weighted by Crippen LogP contribution is -2.44. The summed E-state index contributed by atoms with van der Waals surface area (Å²) in [5.74, 6) is 1.65. The molecule has 140 valence electrons. The van der Waals surface area contributed by atoms with Gasteiger partial charge in [0, 0.05) is 43.0 Å². The van der Waals surface area contributed by atoms with E-state index in [0.717, 1.165) is 43.3 Å². The van der Waals surface area contributed by atoms with Gasteiger partial charge < -0.3 is 10.2 Å². The lowest BCUT2D eigenvalue weighted by Gasteiger charge is -2.31. The smallest absolute Gasteiger partial charge is 0.223 e. The van der Waals surface area contributed by atoms with Crippen molar-refractivity contribution in [3.05, 3.63) is 41.7 Å². The lowest BCUT2D eigenvalue weighted by atomic mass is 9.95. The van der Waals surface area contributed by atoms with Crippen LogP contribution in [0, 0.1) is 11.8 Å². The van der Waals surface area contributed by atoms with E-state index < -0.39 is 0 Å².